The molecule has 0 atom stereocenters. The number of rotatable bonds is 6. The van der Waals surface area contributed by atoms with E-state index in [-0.39, 0.29) is 11.5 Å². The van der Waals surface area contributed by atoms with Crippen molar-refractivity contribution in [1.29, 1.82) is 0 Å². The molecule has 0 spiro atoms. The van der Waals surface area contributed by atoms with Crippen molar-refractivity contribution in [1.82, 2.24) is 10.3 Å². The van der Waals surface area contributed by atoms with E-state index in [0.29, 0.717) is 10.8 Å². The second-order valence-electron chi connectivity index (χ2n) is 5.22. The number of aryl methyl sites for hydroxylation is 2. The fourth-order valence-corrected chi connectivity index (χ4v) is 2.98. The van der Waals surface area contributed by atoms with E-state index in [9.17, 15) is 13.2 Å². The topological polar surface area (TPSA) is 84.5 Å². The number of carbonyl (C=O) groups excluding carboxylic acids is 1. The van der Waals surface area contributed by atoms with Crippen LogP contribution in [0.5, 0.6) is 5.75 Å². The minimum absolute atomic E-state index is 0.0116. The summed E-state index contributed by atoms with van der Waals surface area (Å²) in [6, 6.07) is 11.1. The van der Waals surface area contributed by atoms with Gasteiger partial charge in [0.25, 0.3) is 15.9 Å². The molecule has 24 heavy (non-hydrogen) atoms. The van der Waals surface area contributed by atoms with Crippen molar-refractivity contribution in [3.8, 4) is 5.75 Å². The fraction of sp³-hybridized carbons (Fsp3) is 0.188. The Labute approximate surface area is 145 Å². The molecule has 8 heteroatoms. The van der Waals surface area contributed by atoms with E-state index < -0.39 is 15.9 Å². The van der Waals surface area contributed by atoms with Crippen LogP contribution < -0.4 is 15.0 Å². The molecule has 1 amide bonds. The van der Waals surface area contributed by atoms with E-state index in [1.165, 1.54) is 24.3 Å². The summed E-state index contributed by atoms with van der Waals surface area (Å²) < 4.78 is 29.4. The molecule has 0 fully saturated rings. The number of halogens is 1. The number of benzene rings is 2. The molecule has 0 saturated carbocycles. The Bertz CT molecular complexity index is 815. The van der Waals surface area contributed by atoms with Gasteiger partial charge in [0.2, 0.25) is 0 Å². The van der Waals surface area contributed by atoms with Gasteiger partial charge in [-0.05, 0) is 61.4 Å². The first-order valence-corrected chi connectivity index (χ1v) is 8.90. The van der Waals surface area contributed by atoms with Crippen LogP contribution in [-0.4, -0.2) is 20.9 Å². The highest BCUT2D eigenvalue weighted by Crippen LogP contribution is 2.16. The van der Waals surface area contributed by atoms with Crippen LogP contribution in [0.2, 0.25) is 5.02 Å². The van der Waals surface area contributed by atoms with Crippen molar-refractivity contribution in [3.05, 3.63) is 58.6 Å². The Morgan fingerprint density at radius 2 is 1.67 bits per heavy atom. The number of nitrogens with one attached hydrogen (secondary N) is 2. The van der Waals surface area contributed by atoms with Crippen LogP contribution in [0, 0.1) is 13.8 Å². The molecular formula is C16H17ClN2O4S. The van der Waals surface area contributed by atoms with Gasteiger partial charge in [0.15, 0.2) is 6.61 Å². The smallest absolute Gasteiger partial charge is 0.272 e. The average molecular weight is 369 g/mol. The van der Waals surface area contributed by atoms with Crippen molar-refractivity contribution in [3.63, 3.8) is 0 Å². The normalized spacial score (nSPS) is 11.1. The average Bonchev–Trinajstić information content (AvgIpc) is 2.50. The summed E-state index contributed by atoms with van der Waals surface area (Å²) in [5.41, 5.74) is 4.12. The van der Waals surface area contributed by atoms with Crippen molar-refractivity contribution in [2.24, 2.45) is 0 Å². The molecule has 2 aromatic carbocycles. The lowest BCUT2D eigenvalue weighted by Gasteiger charge is -2.10. The number of hydrogen-bond acceptors (Lipinski definition) is 4. The highest BCUT2D eigenvalue weighted by Gasteiger charge is 2.15. The SMILES string of the molecule is Cc1cc(C)cc(OCC(=O)NNS(=O)(=O)c2ccc(Cl)cc2)c1. The second kappa shape index (κ2) is 7.65. The van der Waals surface area contributed by atoms with Crippen LogP contribution in [0.3, 0.4) is 0 Å². The standard InChI is InChI=1S/C16H17ClN2O4S/c1-11-7-12(2)9-14(8-11)23-10-16(20)18-19-24(21,22)15-5-3-13(17)4-6-15/h3-9,19H,10H2,1-2H3,(H,18,20). The predicted octanol–water partition coefficient (Wildman–Crippen LogP) is 2.35. The first-order chi connectivity index (χ1) is 11.3. The minimum atomic E-state index is -3.86. The van der Waals surface area contributed by atoms with Gasteiger partial charge >= 0.3 is 0 Å². The van der Waals surface area contributed by atoms with Gasteiger partial charge in [-0.1, -0.05) is 17.7 Å². The summed E-state index contributed by atoms with van der Waals surface area (Å²) >= 11 is 5.71. The molecule has 0 heterocycles. The summed E-state index contributed by atoms with van der Waals surface area (Å²) in [5, 5.41) is 0.417. The fourth-order valence-electron chi connectivity index (χ4n) is 2.00. The quantitative estimate of drug-likeness (QED) is 0.766. The van der Waals surface area contributed by atoms with Gasteiger partial charge < -0.3 is 4.74 Å². The third-order valence-corrected chi connectivity index (χ3v) is 4.53. The minimum Gasteiger partial charge on any atom is -0.484 e. The molecule has 128 valence electrons. The van der Waals surface area contributed by atoms with Gasteiger partial charge in [0, 0.05) is 5.02 Å². The van der Waals surface area contributed by atoms with E-state index in [2.05, 4.69) is 5.43 Å². The highest BCUT2D eigenvalue weighted by atomic mass is 35.5. The van der Waals surface area contributed by atoms with Crippen molar-refractivity contribution < 1.29 is 17.9 Å². The Morgan fingerprint density at radius 3 is 2.25 bits per heavy atom. The highest BCUT2D eigenvalue weighted by molar-refractivity contribution is 7.89. The predicted molar refractivity (Wildman–Crippen MR) is 91.3 cm³/mol. The maximum atomic E-state index is 12.0. The van der Waals surface area contributed by atoms with Crippen molar-refractivity contribution in [2.45, 2.75) is 18.7 Å². The van der Waals surface area contributed by atoms with Gasteiger partial charge in [-0.25, -0.2) is 8.42 Å². The molecule has 2 N–H and O–H groups in total. The number of amides is 1. The maximum absolute atomic E-state index is 12.0. The van der Waals surface area contributed by atoms with Gasteiger partial charge in [0.05, 0.1) is 4.90 Å². The summed E-state index contributed by atoms with van der Waals surface area (Å²) in [5.74, 6) is -0.0742. The summed E-state index contributed by atoms with van der Waals surface area (Å²) in [7, 11) is -3.86. The number of hydrogen-bond donors (Lipinski definition) is 2. The molecule has 2 aromatic rings. The van der Waals surface area contributed by atoms with Crippen molar-refractivity contribution in [2.75, 3.05) is 6.61 Å². The number of sulfonamides is 1. The Morgan fingerprint density at radius 1 is 1.08 bits per heavy atom. The molecule has 0 radical (unpaired) electrons. The number of carbonyl (C=O) groups is 1. The molecule has 0 aliphatic rings. The molecule has 6 nitrogen and oxygen atoms in total. The zero-order chi connectivity index (χ0) is 17.7. The molecule has 0 saturated heterocycles. The van der Waals surface area contributed by atoms with Gasteiger partial charge in [-0.15, -0.1) is 4.83 Å². The van der Waals surface area contributed by atoms with Gasteiger partial charge in [-0.2, -0.15) is 0 Å². The molecule has 0 aliphatic heterocycles. The summed E-state index contributed by atoms with van der Waals surface area (Å²) in [4.78, 5) is 13.7. The molecule has 0 aromatic heterocycles. The Hall–Kier alpha value is -2.09. The lowest BCUT2D eigenvalue weighted by atomic mass is 10.1. The largest absolute Gasteiger partial charge is 0.484 e. The lowest BCUT2D eigenvalue weighted by molar-refractivity contribution is -0.123. The number of hydrazine groups is 1. The monoisotopic (exact) mass is 368 g/mol. The van der Waals surface area contributed by atoms with Gasteiger partial charge in [0.1, 0.15) is 5.75 Å². The van der Waals surface area contributed by atoms with E-state index in [1.807, 2.05) is 24.7 Å². The van der Waals surface area contributed by atoms with E-state index in [0.717, 1.165) is 11.1 Å². The Kier molecular flexibility index (Phi) is 5.82. The van der Waals surface area contributed by atoms with Crippen LogP contribution >= 0.6 is 11.6 Å². The maximum Gasteiger partial charge on any atom is 0.272 e. The summed E-state index contributed by atoms with van der Waals surface area (Å²) in [6.07, 6.45) is 0. The third kappa shape index (κ3) is 5.23. The van der Waals surface area contributed by atoms with Crippen LogP contribution in [0.4, 0.5) is 0 Å². The first kappa shape index (κ1) is 18.3. The van der Waals surface area contributed by atoms with Crippen LogP contribution in [0.15, 0.2) is 47.4 Å². The zero-order valence-corrected chi connectivity index (χ0v) is 14.7. The van der Waals surface area contributed by atoms with E-state index >= 15 is 0 Å². The van der Waals surface area contributed by atoms with E-state index in [4.69, 9.17) is 16.3 Å². The number of ether oxygens (including phenoxy) is 1. The molecular weight excluding hydrogens is 352 g/mol. The van der Waals surface area contributed by atoms with Crippen molar-refractivity contribution >= 4 is 27.5 Å². The van der Waals surface area contributed by atoms with Crippen LogP contribution in [0.25, 0.3) is 0 Å². The zero-order valence-electron chi connectivity index (χ0n) is 13.2. The van der Waals surface area contributed by atoms with Crippen LogP contribution in [-0.2, 0) is 14.8 Å². The molecule has 0 aliphatic carbocycles. The van der Waals surface area contributed by atoms with Gasteiger partial charge in [-0.3, -0.25) is 10.2 Å². The summed E-state index contributed by atoms with van der Waals surface area (Å²) in [6.45, 7) is 3.52. The lowest BCUT2D eigenvalue weighted by Crippen LogP contribution is -2.43. The molecule has 0 unspecified atom stereocenters. The molecule has 0 bridgehead atoms. The first-order valence-electron chi connectivity index (χ1n) is 7.03. The van der Waals surface area contributed by atoms with E-state index in [1.54, 1.807) is 12.1 Å². The third-order valence-electron chi connectivity index (χ3n) is 3.01. The second-order valence-corrected chi connectivity index (χ2v) is 7.34. The molecule has 2 rings (SSSR count). The Balaban J connectivity index is 1.89. The van der Waals surface area contributed by atoms with Crippen LogP contribution in [0.1, 0.15) is 11.1 Å².